The van der Waals surface area contributed by atoms with Crippen LogP contribution in [0.2, 0.25) is 0 Å². The van der Waals surface area contributed by atoms with Gasteiger partial charge in [-0.25, -0.2) is 9.97 Å². The molecule has 0 spiro atoms. The first kappa shape index (κ1) is 17.4. The van der Waals surface area contributed by atoms with Crippen molar-refractivity contribution in [3.05, 3.63) is 66.4 Å². The first-order chi connectivity index (χ1) is 14.2. The number of fused-ring (bicyclic) bond motifs is 1. The molecule has 3 aromatic heterocycles. The number of benzene rings is 1. The number of pyridine rings is 1. The maximum Gasteiger partial charge on any atom is 0.181 e. The quantitative estimate of drug-likeness (QED) is 0.520. The Hall–Kier alpha value is -3.65. The third-order valence-electron chi connectivity index (χ3n) is 5.00. The highest BCUT2D eigenvalue weighted by Crippen LogP contribution is 2.24. The van der Waals surface area contributed by atoms with Gasteiger partial charge < -0.3 is 15.1 Å². The van der Waals surface area contributed by atoms with E-state index in [0.717, 1.165) is 35.4 Å². The van der Waals surface area contributed by atoms with Crippen molar-refractivity contribution in [1.82, 2.24) is 20.2 Å². The lowest BCUT2D eigenvalue weighted by molar-refractivity contribution is 0.0991. The molecule has 1 aliphatic heterocycles. The normalized spacial score (nSPS) is 14.2. The number of hydrogen-bond acceptors (Lipinski definition) is 8. The Morgan fingerprint density at radius 3 is 2.86 bits per heavy atom. The van der Waals surface area contributed by atoms with Crippen LogP contribution in [0.25, 0.3) is 22.2 Å². The van der Waals surface area contributed by atoms with Crippen LogP contribution in [-0.4, -0.2) is 45.1 Å². The van der Waals surface area contributed by atoms with Gasteiger partial charge in [0, 0.05) is 41.8 Å². The smallest absolute Gasteiger partial charge is 0.181 e. The summed E-state index contributed by atoms with van der Waals surface area (Å²) in [6.07, 6.45) is 4.87. The first-order valence-corrected chi connectivity index (χ1v) is 9.31. The monoisotopic (exact) mass is 386 g/mol. The van der Waals surface area contributed by atoms with Crippen molar-refractivity contribution in [2.24, 2.45) is 5.73 Å². The van der Waals surface area contributed by atoms with Crippen molar-refractivity contribution in [1.29, 1.82) is 0 Å². The van der Waals surface area contributed by atoms with Gasteiger partial charge in [0.25, 0.3) is 0 Å². The second-order valence-corrected chi connectivity index (χ2v) is 7.14. The number of aromatic nitrogens is 4. The number of rotatable bonds is 5. The first-order valence-electron chi connectivity index (χ1n) is 9.31. The Balaban J connectivity index is 1.38. The molecule has 8 nitrogen and oxygen atoms in total. The van der Waals surface area contributed by atoms with Gasteiger partial charge in [-0.3, -0.25) is 4.79 Å². The summed E-state index contributed by atoms with van der Waals surface area (Å²) in [6, 6.07) is 11.3. The zero-order chi connectivity index (χ0) is 19.8. The van der Waals surface area contributed by atoms with Crippen LogP contribution >= 0.6 is 0 Å². The Morgan fingerprint density at radius 1 is 1.17 bits per heavy atom. The van der Waals surface area contributed by atoms with E-state index in [0.29, 0.717) is 17.0 Å². The molecule has 0 amide bonds. The fraction of sp³-hybridized carbons (Fsp3) is 0.190. The van der Waals surface area contributed by atoms with Crippen molar-refractivity contribution in [2.75, 3.05) is 18.0 Å². The molecule has 29 heavy (non-hydrogen) atoms. The largest absolute Gasteiger partial charge is 0.444 e. The minimum Gasteiger partial charge on any atom is -0.444 e. The summed E-state index contributed by atoms with van der Waals surface area (Å²) in [5, 5.41) is 9.34. The number of ketones is 1. The van der Waals surface area contributed by atoms with Crippen LogP contribution in [0, 0.1) is 0 Å². The molecule has 4 aromatic rings. The lowest BCUT2D eigenvalue weighted by Crippen LogP contribution is -2.56. The lowest BCUT2D eigenvalue weighted by Gasteiger charge is -2.37. The van der Waals surface area contributed by atoms with Gasteiger partial charge in [-0.2, -0.15) is 10.2 Å². The van der Waals surface area contributed by atoms with Gasteiger partial charge in [-0.05, 0) is 36.4 Å². The van der Waals surface area contributed by atoms with Gasteiger partial charge in [0.2, 0.25) is 0 Å². The van der Waals surface area contributed by atoms with Crippen molar-refractivity contribution >= 4 is 22.5 Å². The molecule has 1 aliphatic rings. The average molecular weight is 386 g/mol. The summed E-state index contributed by atoms with van der Waals surface area (Å²) in [7, 11) is 0. The van der Waals surface area contributed by atoms with Crippen LogP contribution in [-0.2, 0) is 6.42 Å². The van der Waals surface area contributed by atoms with Gasteiger partial charge in [-0.1, -0.05) is 0 Å². The van der Waals surface area contributed by atoms with Crippen LogP contribution in [0.15, 0.2) is 59.6 Å². The van der Waals surface area contributed by atoms with Gasteiger partial charge in [0.15, 0.2) is 17.9 Å². The Kier molecular flexibility index (Phi) is 4.25. The predicted octanol–water partition coefficient (Wildman–Crippen LogP) is 2.25. The Bertz CT molecular complexity index is 1180. The molecular formula is C21H18N6O2. The highest BCUT2D eigenvalue weighted by atomic mass is 16.3. The second-order valence-electron chi connectivity index (χ2n) is 7.14. The van der Waals surface area contributed by atoms with Crippen LogP contribution < -0.4 is 10.6 Å². The fourth-order valence-electron chi connectivity index (χ4n) is 3.42. The van der Waals surface area contributed by atoms with E-state index >= 15 is 0 Å². The summed E-state index contributed by atoms with van der Waals surface area (Å²) in [5.41, 5.74) is 8.70. The number of nitrogens with zero attached hydrogens (tertiary/aromatic N) is 5. The Morgan fingerprint density at radius 2 is 2.07 bits per heavy atom. The number of carbonyl (C=O) groups excluding carboxylic acids is 1. The summed E-state index contributed by atoms with van der Waals surface area (Å²) >= 11 is 0. The summed E-state index contributed by atoms with van der Waals surface area (Å²) in [4.78, 5) is 23.1. The van der Waals surface area contributed by atoms with E-state index < -0.39 is 0 Å². The fourth-order valence-corrected chi connectivity index (χ4v) is 3.42. The maximum atomic E-state index is 12.8. The van der Waals surface area contributed by atoms with Gasteiger partial charge >= 0.3 is 0 Å². The van der Waals surface area contributed by atoms with E-state index in [-0.39, 0.29) is 18.2 Å². The van der Waals surface area contributed by atoms with E-state index in [1.54, 1.807) is 18.5 Å². The molecule has 8 heteroatoms. The number of nitrogens with two attached hydrogens (primary N) is 1. The van der Waals surface area contributed by atoms with Crippen LogP contribution in [0.5, 0.6) is 0 Å². The summed E-state index contributed by atoms with van der Waals surface area (Å²) in [6.45, 7) is 1.52. The standard InChI is InChI=1S/C21H18N6O2/c22-16-10-27(11-16)21-7-13(3-4-24-21)19(28)8-17-6-15-5-14(20-9-23-12-29-20)1-2-18(15)26-25-17/h1-7,9,12,16H,8,10-11,22H2. The maximum absolute atomic E-state index is 12.8. The molecule has 1 aromatic carbocycles. The van der Waals surface area contributed by atoms with E-state index in [9.17, 15) is 4.79 Å². The van der Waals surface area contributed by atoms with Crippen molar-refractivity contribution in [2.45, 2.75) is 12.5 Å². The van der Waals surface area contributed by atoms with Crippen molar-refractivity contribution in [3.63, 3.8) is 0 Å². The molecule has 0 bridgehead atoms. The number of carbonyl (C=O) groups is 1. The Labute approximate surface area is 166 Å². The molecule has 4 heterocycles. The summed E-state index contributed by atoms with van der Waals surface area (Å²) < 4.78 is 5.35. The molecule has 0 unspecified atom stereocenters. The lowest BCUT2D eigenvalue weighted by atomic mass is 10.0. The molecule has 2 N–H and O–H groups in total. The molecule has 0 aliphatic carbocycles. The number of Topliss-reactive ketones (excluding diaryl/α,β-unsaturated/α-hetero) is 1. The van der Waals surface area contributed by atoms with Crippen LogP contribution in [0.3, 0.4) is 0 Å². The van der Waals surface area contributed by atoms with E-state index in [2.05, 4.69) is 25.1 Å². The number of anilines is 1. The minimum atomic E-state index is -0.0292. The zero-order valence-electron chi connectivity index (χ0n) is 15.5. The van der Waals surface area contributed by atoms with Crippen LogP contribution in [0.1, 0.15) is 16.1 Å². The average Bonchev–Trinajstić information content (AvgIpc) is 3.26. The highest BCUT2D eigenvalue weighted by Gasteiger charge is 2.24. The topological polar surface area (TPSA) is 111 Å². The molecule has 1 fully saturated rings. The van der Waals surface area contributed by atoms with Gasteiger partial charge in [-0.15, -0.1) is 0 Å². The molecule has 0 radical (unpaired) electrons. The van der Waals surface area contributed by atoms with Crippen molar-refractivity contribution < 1.29 is 9.21 Å². The predicted molar refractivity (Wildman–Crippen MR) is 107 cm³/mol. The number of oxazole rings is 1. The molecule has 144 valence electrons. The molecule has 5 rings (SSSR count). The van der Waals surface area contributed by atoms with Crippen molar-refractivity contribution in [3.8, 4) is 11.3 Å². The highest BCUT2D eigenvalue weighted by molar-refractivity contribution is 5.98. The van der Waals surface area contributed by atoms with E-state index in [4.69, 9.17) is 10.2 Å². The van der Waals surface area contributed by atoms with Crippen LogP contribution in [0.4, 0.5) is 5.82 Å². The SMILES string of the molecule is NC1CN(c2cc(C(=O)Cc3cc4cc(-c5cnco5)ccc4nn3)ccn2)C1. The molecule has 0 atom stereocenters. The van der Waals surface area contributed by atoms with Gasteiger partial charge in [0.05, 0.1) is 23.8 Å². The van der Waals surface area contributed by atoms with Gasteiger partial charge in [0.1, 0.15) is 5.82 Å². The molecular weight excluding hydrogens is 368 g/mol. The second kappa shape index (κ2) is 7.06. The van der Waals surface area contributed by atoms with E-state index in [1.807, 2.05) is 30.3 Å². The third-order valence-corrected chi connectivity index (χ3v) is 5.00. The third kappa shape index (κ3) is 3.45. The summed E-state index contributed by atoms with van der Waals surface area (Å²) in [5.74, 6) is 1.42. The minimum absolute atomic E-state index is 0.0292. The molecule has 1 saturated heterocycles. The molecule has 0 saturated carbocycles. The number of hydrogen-bond donors (Lipinski definition) is 1. The zero-order valence-corrected chi connectivity index (χ0v) is 15.5. The van der Waals surface area contributed by atoms with E-state index in [1.165, 1.54) is 6.39 Å².